The molecule has 3 nitrogen and oxygen atoms in total. The highest BCUT2D eigenvalue weighted by molar-refractivity contribution is 7.11. The summed E-state index contributed by atoms with van der Waals surface area (Å²) in [6, 6.07) is 0. The fourth-order valence-electron chi connectivity index (χ4n) is 2.77. The topological polar surface area (TPSA) is 50.2 Å². The van der Waals surface area contributed by atoms with Crippen LogP contribution in [-0.2, 0) is 11.2 Å². The van der Waals surface area contributed by atoms with E-state index in [1.54, 1.807) is 0 Å². The molecule has 1 aromatic rings. The van der Waals surface area contributed by atoms with Crippen LogP contribution >= 0.6 is 11.3 Å². The van der Waals surface area contributed by atoms with Gasteiger partial charge in [-0.1, -0.05) is 6.92 Å². The van der Waals surface area contributed by atoms with E-state index in [9.17, 15) is 4.79 Å². The van der Waals surface area contributed by atoms with E-state index < -0.39 is 5.97 Å². The van der Waals surface area contributed by atoms with Crippen LogP contribution in [0, 0.1) is 12.8 Å². The van der Waals surface area contributed by atoms with Crippen molar-refractivity contribution in [1.29, 1.82) is 0 Å². The summed E-state index contributed by atoms with van der Waals surface area (Å²) in [5, 5.41) is 10.3. The lowest BCUT2D eigenvalue weighted by molar-refractivity contribution is -0.142. The van der Waals surface area contributed by atoms with E-state index in [-0.39, 0.29) is 5.92 Å². The Morgan fingerprint density at radius 1 is 1.39 bits per heavy atom. The van der Waals surface area contributed by atoms with Crippen molar-refractivity contribution in [3.8, 4) is 0 Å². The lowest BCUT2D eigenvalue weighted by atomic mass is 9.81. The van der Waals surface area contributed by atoms with Crippen molar-refractivity contribution < 1.29 is 9.90 Å². The molecule has 4 heteroatoms. The molecule has 0 saturated heterocycles. The van der Waals surface area contributed by atoms with E-state index in [4.69, 9.17) is 5.11 Å². The number of aromatic nitrogens is 1. The van der Waals surface area contributed by atoms with Crippen molar-refractivity contribution >= 4 is 17.3 Å². The number of hydrogen-bond donors (Lipinski definition) is 1. The largest absolute Gasteiger partial charge is 0.481 e. The van der Waals surface area contributed by atoms with E-state index in [1.807, 2.05) is 11.3 Å². The van der Waals surface area contributed by atoms with E-state index in [0.717, 1.165) is 38.5 Å². The summed E-state index contributed by atoms with van der Waals surface area (Å²) in [7, 11) is 0. The standard InChI is InChI=1S/C14H21NO2S/c1-3-4-12-15-9(2)13(18-12)10-5-7-11(8-6-10)14(16)17/h10-11H,3-8H2,1-2H3,(H,16,17). The summed E-state index contributed by atoms with van der Waals surface area (Å²) in [4.78, 5) is 17.0. The zero-order valence-corrected chi connectivity index (χ0v) is 11.9. The van der Waals surface area contributed by atoms with Gasteiger partial charge in [-0.05, 0) is 51.4 Å². The molecule has 1 heterocycles. The fraction of sp³-hybridized carbons (Fsp3) is 0.714. The molecular weight excluding hydrogens is 246 g/mol. The molecule has 0 amide bonds. The van der Waals surface area contributed by atoms with Gasteiger partial charge in [-0.15, -0.1) is 11.3 Å². The predicted molar refractivity (Wildman–Crippen MR) is 73.2 cm³/mol. The zero-order chi connectivity index (χ0) is 13.1. The van der Waals surface area contributed by atoms with Crippen molar-refractivity contribution in [2.45, 2.75) is 58.3 Å². The number of rotatable bonds is 4. The Morgan fingerprint density at radius 2 is 2.06 bits per heavy atom. The number of nitrogens with zero attached hydrogens (tertiary/aromatic N) is 1. The molecular formula is C14H21NO2S. The smallest absolute Gasteiger partial charge is 0.306 e. The fourth-order valence-corrected chi connectivity index (χ4v) is 4.11. The van der Waals surface area contributed by atoms with E-state index in [2.05, 4.69) is 18.8 Å². The van der Waals surface area contributed by atoms with Crippen LogP contribution in [0.3, 0.4) is 0 Å². The molecule has 0 atom stereocenters. The van der Waals surface area contributed by atoms with E-state index in [0.29, 0.717) is 5.92 Å². The molecule has 0 aromatic carbocycles. The number of carbonyl (C=O) groups is 1. The third-order valence-electron chi connectivity index (χ3n) is 3.79. The van der Waals surface area contributed by atoms with Gasteiger partial charge in [-0.3, -0.25) is 4.79 Å². The lowest BCUT2D eigenvalue weighted by Crippen LogP contribution is -2.20. The van der Waals surface area contributed by atoms with Crippen LogP contribution in [-0.4, -0.2) is 16.1 Å². The Hall–Kier alpha value is -0.900. The second-order valence-corrected chi connectivity index (χ2v) is 6.31. The maximum Gasteiger partial charge on any atom is 0.306 e. The summed E-state index contributed by atoms with van der Waals surface area (Å²) < 4.78 is 0. The lowest BCUT2D eigenvalue weighted by Gasteiger charge is -2.25. The van der Waals surface area contributed by atoms with Crippen LogP contribution in [0.4, 0.5) is 0 Å². The molecule has 1 aliphatic rings. The molecule has 1 fully saturated rings. The summed E-state index contributed by atoms with van der Waals surface area (Å²) in [5.74, 6) is -0.200. The molecule has 18 heavy (non-hydrogen) atoms. The molecule has 1 aromatic heterocycles. The molecule has 2 rings (SSSR count). The Morgan fingerprint density at radius 3 is 2.61 bits per heavy atom. The number of carboxylic acid groups (broad SMARTS) is 1. The zero-order valence-electron chi connectivity index (χ0n) is 11.1. The molecule has 0 radical (unpaired) electrons. The minimum Gasteiger partial charge on any atom is -0.481 e. The highest BCUT2D eigenvalue weighted by Gasteiger charge is 2.28. The van der Waals surface area contributed by atoms with Crippen LogP contribution in [0.2, 0.25) is 0 Å². The maximum absolute atomic E-state index is 10.9. The predicted octanol–water partition coefficient (Wildman–Crippen LogP) is 3.76. The molecule has 1 aliphatic carbocycles. The number of aliphatic carboxylic acids is 1. The normalized spacial score (nSPS) is 24.1. The van der Waals surface area contributed by atoms with E-state index >= 15 is 0 Å². The summed E-state index contributed by atoms with van der Waals surface area (Å²) in [6.45, 7) is 4.27. The monoisotopic (exact) mass is 267 g/mol. The highest BCUT2D eigenvalue weighted by Crippen LogP contribution is 2.39. The third kappa shape index (κ3) is 2.91. The first kappa shape index (κ1) is 13.5. The average molecular weight is 267 g/mol. The van der Waals surface area contributed by atoms with Gasteiger partial charge < -0.3 is 5.11 Å². The number of hydrogen-bond acceptors (Lipinski definition) is 3. The van der Waals surface area contributed by atoms with Gasteiger partial charge in [0, 0.05) is 4.88 Å². The van der Waals surface area contributed by atoms with Crippen LogP contribution in [0.1, 0.15) is 60.5 Å². The minimum absolute atomic E-state index is 0.121. The Labute approximate surface area is 112 Å². The number of aryl methyl sites for hydroxylation is 2. The Balaban J connectivity index is 2.02. The molecule has 100 valence electrons. The Kier molecular flexibility index (Phi) is 4.38. The van der Waals surface area contributed by atoms with Gasteiger partial charge in [0.1, 0.15) is 0 Å². The van der Waals surface area contributed by atoms with E-state index in [1.165, 1.54) is 15.6 Å². The van der Waals surface area contributed by atoms with Crippen molar-refractivity contribution in [3.05, 3.63) is 15.6 Å². The first-order valence-corrected chi connectivity index (χ1v) is 7.62. The molecule has 1 N–H and O–H groups in total. The minimum atomic E-state index is -0.624. The molecule has 0 bridgehead atoms. The first-order chi connectivity index (χ1) is 8.61. The quantitative estimate of drug-likeness (QED) is 0.903. The van der Waals surface area contributed by atoms with Gasteiger partial charge in [-0.25, -0.2) is 4.98 Å². The number of carboxylic acids is 1. The van der Waals surface area contributed by atoms with Crippen molar-refractivity contribution in [1.82, 2.24) is 4.98 Å². The van der Waals surface area contributed by atoms with Crippen LogP contribution in [0.5, 0.6) is 0 Å². The van der Waals surface area contributed by atoms with Crippen LogP contribution in [0.15, 0.2) is 0 Å². The van der Waals surface area contributed by atoms with Crippen LogP contribution in [0.25, 0.3) is 0 Å². The second kappa shape index (κ2) is 5.83. The van der Waals surface area contributed by atoms with Gasteiger partial charge in [0.2, 0.25) is 0 Å². The van der Waals surface area contributed by atoms with Gasteiger partial charge >= 0.3 is 5.97 Å². The maximum atomic E-state index is 10.9. The Bertz CT molecular complexity index is 419. The van der Waals surface area contributed by atoms with Crippen LogP contribution < -0.4 is 0 Å². The SMILES string of the molecule is CCCc1nc(C)c(C2CCC(C(=O)O)CC2)s1. The number of thiazole rings is 1. The molecule has 0 aliphatic heterocycles. The first-order valence-electron chi connectivity index (χ1n) is 6.80. The van der Waals surface area contributed by atoms with Gasteiger partial charge in [0.05, 0.1) is 16.6 Å². The molecule has 0 spiro atoms. The summed E-state index contributed by atoms with van der Waals surface area (Å²) in [5.41, 5.74) is 1.17. The second-order valence-electron chi connectivity index (χ2n) is 5.19. The van der Waals surface area contributed by atoms with Crippen molar-refractivity contribution in [2.24, 2.45) is 5.92 Å². The van der Waals surface area contributed by atoms with Gasteiger partial charge in [0.25, 0.3) is 0 Å². The van der Waals surface area contributed by atoms with Gasteiger partial charge in [-0.2, -0.15) is 0 Å². The summed E-state index contributed by atoms with van der Waals surface area (Å²) in [6.07, 6.45) is 5.85. The third-order valence-corrected chi connectivity index (χ3v) is 5.17. The molecule has 1 saturated carbocycles. The van der Waals surface area contributed by atoms with Crippen molar-refractivity contribution in [2.75, 3.05) is 0 Å². The van der Waals surface area contributed by atoms with Gasteiger partial charge in [0.15, 0.2) is 0 Å². The van der Waals surface area contributed by atoms with Crippen molar-refractivity contribution in [3.63, 3.8) is 0 Å². The average Bonchev–Trinajstić information content (AvgIpc) is 2.71. The summed E-state index contributed by atoms with van der Waals surface area (Å²) >= 11 is 1.84. The molecule has 0 unspecified atom stereocenters. The highest BCUT2D eigenvalue weighted by atomic mass is 32.1.